The number of hydrogen-bond acceptors (Lipinski definition) is 3. The van der Waals surface area contributed by atoms with Gasteiger partial charge in [0.1, 0.15) is 5.25 Å². The van der Waals surface area contributed by atoms with Gasteiger partial charge in [0.15, 0.2) is 0 Å². The van der Waals surface area contributed by atoms with Gasteiger partial charge in [-0.05, 0) is 0 Å². The zero-order valence-corrected chi connectivity index (χ0v) is 6.54. The van der Waals surface area contributed by atoms with E-state index in [9.17, 15) is 13.2 Å². The molecule has 1 unspecified atom stereocenters. The van der Waals surface area contributed by atoms with E-state index < -0.39 is 27.7 Å². The maximum Gasteiger partial charge on any atom is 0.271 e. The lowest BCUT2D eigenvalue weighted by Gasteiger charge is -2.04. The van der Waals surface area contributed by atoms with Gasteiger partial charge in [-0.15, -0.1) is 6.58 Å². The SMILES string of the molecule is C=CC(CC(N)=O)S(=O)(=O)O. The molecule has 0 radical (unpaired) electrons. The van der Waals surface area contributed by atoms with E-state index >= 15 is 0 Å². The smallest absolute Gasteiger partial charge is 0.271 e. The van der Waals surface area contributed by atoms with Crippen LogP contribution in [-0.4, -0.2) is 24.1 Å². The molecule has 1 atom stereocenters. The highest BCUT2D eigenvalue weighted by Crippen LogP contribution is 2.03. The standard InChI is InChI=1S/C5H9NO4S/c1-2-4(3-5(6)7)11(8,9)10/h2,4H,1,3H2,(H2,6,7)(H,8,9,10). The van der Waals surface area contributed by atoms with Crippen LogP contribution in [0, 0.1) is 0 Å². The van der Waals surface area contributed by atoms with Gasteiger partial charge in [0.25, 0.3) is 10.1 Å². The van der Waals surface area contributed by atoms with E-state index in [1.807, 2.05) is 0 Å². The van der Waals surface area contributed by atoms with Crippen LogP contribution in [-0.2, 0) is 14.9 Å². The summed E-state index contributed by atoms with van der Waals surface area (Å²) in [4.78, 5) is 10.2. The molecule has 0 fully saturated rings. The Labute approximate surface area is 64.6 Å². The summed E-state index contributed by atoms with van der Waals surface area (Å²) in [6, 6.07) is 0. The monoisotopic (exact) mass is 179 g/mol. The minimum Gasteiger partial charge on any atom is -0.370 e. The first-order chi connectivity index (χ1) is 4.88. The molecule has 0 saturated heterocycles. The molecule has 0 aromatic rings. The fourth-order valence-electron chi connectivity index (χ4n) is 0.509. The third-order valence-electron chi connectivity index (χ3n) is 1.05. The Bertz CT molecular complexity index is 256. The predicted octanol–water partition coefficient (Wildman–Crippen LogP) is -0.696. The maximum absolute atomic E-state index is 10.4. The Balaban J connectivity index is 4.44. The minimum atomic E-state index is -4.23. The van der Waals surface area contributed by atoms with E-state index in [-0.39, 0.29) is 0 Å². The molecule has 0 spiro atoms. The van der Waals surface area contributed by atoms with Crippen molar-refractivity contribution in [3.8, 4) is 0 Å². The van der Waals surface area contributed by atoms with Gasteiger partial charge in [0, 0.05) is 6.42 Å². The topological polar surface area (TPSA) is 97.5 Å². The zero-order chi connectivity index (χ0) is 9.07. The van der Waals surface area contributed by atoms with Crippen LogP contribution < -0.4 is 5.73 Å². The lowest BCUT2D eigenvalue weighted by atomic mass is 10.3. The van der Waals surface area contributed by atoms with Crippen LogP contribution in [0.2, 0.25) is 0 Å². The Kier molecular flexibility index (Phi) is 3.21. The second kappa shape index (κ2) is 3.49. The largest absolute Gasteiger partial charge is 0.370 e. The van der Waals surface area contributed by atoms with E-state index in [0.717, 1.165) is 6.08 Å². The number of nitrogens with two attached hydrogens (primary N) is 1. The number of primary amides is 1. The molecule has 0 aliphatic heterocycles. The summed E-state index contributed by atoms with van der Waals surface area (Å²) < 4.78 is 29.2. The van der Waals surface area contributed by atoms with Gasteiger partial charge in [-0.25, -0.2) is 0 Å². The lowest BCUT2D eigenvalue weighted by molar-refractivity contribution is -0.117. The summed E-state index contributed by atoms with van der Waals surface area (Å²) in [7, 11) is -4.23. The molecule has 0 aliphatic rings. The lowest BCUT2D eigenvalue weighted by Crippen LogP contribution is -2.25. The summed E-state index contributed by atoms with van der Waals surface area (Å²) in [5.41, 5.74) is 4.70. The first-order valence-electron chi connectivity index (χ1n) is 2.75. The molecule has 0 rings (SSSR count). The van der Waals surface area contributed by atoms with Crippen molar-refractivity contribution in [2.24, 2.45) is 5.73 Å². The van der Waals surface area contributed by atoms with Crippen LogP contribution in [0.15, 0.2) is 12.7 Å². The van der Waals surface area contributed by atoms with Crippen molar-refractivity contribution in [3.05, 3.63) is 12.7 Å². The average Bonchev–Trinajstić information content (AvgIpc) is 1.79. The van der Waals surface area contributed by atoms with Gasteiger partial charge in [-0.3, -0.25) is 9.35 Å². The molecular formula is C5H9NO4S. The number of carbonyl (C=O) groups is 1. The summed E-state index contributed by atoms with van der Waals surface area (Å²) in [5, 5.41) is -1.29. The Morgan fingerprint density at radius 2 is 2.18 bits per heavy atom. The Hall–Kier alpha value is -0.880. The van der Waals surface area contributed by atoms with E-state index in [1.54, 1.807) is 0 Å². The van der Waals surface area contributed by atoms with Crippen molar-refractivity contribution in [3.63, 3.8) is 0 Å². The van der Waals surface area contributed by atoms with Crippen LogP contribution in [0.4, 0.5) is 0 Å². The Morgan fingerprint density at radius 1 is 1.73 bits per heavy atom. The summed E-state index contributed by atoms with van der Waals surface area (Å²) >= 11 is 0. The van der Waals surface area contributed by atoms with Crippen molar-refractivity contribution >= 4 is 16.0 Å². The molecular weight excluding hydrogens is 170 g/mol. The van der Waals surface area contributed by atoms with Crippen molar-refractivity contribution < 1.29 is 17.8 Å². The highest BCUT2D eigenvalue weighted by molar-refractivity contribution is 7.86. The maximum atomic E-state index is 10.4. The molecule has 1 amide bonds. The second-order valence-electron chi connectivity index (χ2n) is 1.96. The van der Waals surface area contributed by atoms with Gasteiger partial charge in [-0.2, -0.15) is 8.42 Å². The van der Waals surface area contributed by atoms with Gasteiger partial charge >= 0.3 is 0 Å². The normalized spacial score (nSPS) is 13.9. The van der Waals surface area contributed by atoms with E-state index in [1.165, 1.54) is 0 Å². The third-order valence-corrected chi connectivity index (χ3v) is 2.17. The van der Waals surface area contributed by atoms with E-state index in [0.29, 0.717) is 0 Å². The van der Waals surface area contributed by atoms with E-state index in [2.05, 4.69) is 6.58 Å². The first kappa shape index (κ1) is 10.1. The molecule has 0 heterocycles. The van der Waals surface area contributed by atoms with Crippen molar-refractivity contribution in [2.45, 2.75) is 11.7 Å². The van der Waals surface area contributed by atoms with E-state index in [4.69, 9.17) is 10.3 Å². The van der Waals surface area contributed by atoms with Crippen LogP contribution in [0.1, 0.15) is 6.42 Å². The fraction of sp³-hybridized carbons (Fsp3) is 0.400. The molecule has 0 bridgehead atoms. The van der Waals surface area contributed by atoms with Gasteiger partial charge in [0.2, 0.25) is 5.91 Å². The highest BCUT2D eigenvalue weighted by atomic mass is 32.2. The van der Waals surface area contributed by atoms with Crippen LogP contribution in [0.3, 0.4) is 0 Å². The highest BCUT2D eigenvalue weighted by Gasteiger charge is 2.20. The van der Waals surface area contributed by atoms with Gasteiger partial charge < -0.3 is 5.73 Å². The fourth-order valence-corrected chi connectivity index (χ4v) is 1.13. The molecule has 0 aliphatic carbocycles. The minimum absolute atomic E-state index is 0.442. The van der Waals surface area contributed by atoms with Gasteiger partial charge in [0.05, 0.1) is 0 Å². The van der Waals surface area contributed by atoms with Crippen molar-refractivity contribution in [2.75, 3.05) is 0 Å². The van der Waals surface area contributed by atoms with Crippen LogP contribution in [0.25, 0.3) is 0 Å². The molecule has 3 N–H and O–H groups in total. The second-order valence-corrected chi connectivity index (χ2v) is 3.60. The summed E-state index contributed by atoms with van der Waals surface area (Å²) in [6.07, 6.45) is 0.516. The van der Waals surface area contributed by atoms with Gasteiger partial charge in [-0.1, -0.05) is 6.08 Å². The molecule has 0 aromatic carbocycles. The molecule has 64 valence electrons. The molecule has 5 nitrogen and oxygen atoms in total. The number of amides is 1. The van der Waals surface area contributed by atoms with Crippen molar-refractivity contribution in [1.82, 2.24) is 0 Å². The molecule has 6 heteroatoms. The van der Waals surface area contributed by atoms with Crippen molar-refractivity contribution in [1.29, 1.82) is 0 Å². The third kappa shape index (κ3) is 3.74. The summed E-state index contributed by atoms with van der Waals surface area (Å²) in [6.45, 7) is 3.13. The number of hydrogen-bond donors (Lipinski definition) is 2. The molecule has 11 heavy (non-hydrogen) atoms. The predicted molar refractivity (Wildman–Crippen MR) is 39.3 cm³/mol. The quantitative estimate of drug-likeness (QED) is 0.440. The first-order valence-corrected chi connectivity index (χ1v) is 4.25. The number of carbonyl (C=O) groups excluding carboxylic acids is 1. The average molecular weight is 179 g/mol. The zero-order valence-electron chi connectivity index (χ0n) is 5.73. The Morgan fingerprint density at radius 3 is 2.27 bits per heavy atom. The molecule has 0 saturated carbocycles. The number of rotatable bonds is 4. The molecule has 0 aromatic heterocycles. The van der Waals surface area contributed by atoms with Crippen LogP contribution in [0.5, 0.6) is 0 Å². The van der Waals surface area contributed by atoms with Crippen LogP contribution >= 0.6 is 0 Å². The summed E-state index contributed by atoms with van der Waals surface area (Å²) in [5.74, 6) is -0.799.